The lowest BCUT2D eigenvalue weighted by atomic mass is 9.73. The van der Waals surface area contributed by atoms with Gasteiger partial charge in [0.05, 0.1) is 18.7 Å². The Hall–Kier alpha value is -2.52. The molecule has 31 heavy (non-hydrogen) atoms. The maximum absolute atomic E-state index is 12.6. The zero-order valence-electron chi connectivity index (χ0n) is 18.3. The Bertz CT molecular complexity index is 851. The molecule has 0 spiro atoms. The van der Waals surface area contributed by atoms with Crippen molar-refractivity contribution >= 4 is 11.9 Å². The van der Waals surface area contributed by atoms with Crippen molar-refractivity contribution in [3.8, 4) is 11.8 Å². The molecule has 1 aliphatic carbocycles. The summed E-state index contributed by atoms with van der Waals surface area (Å²) in [5.41, 5.74) is 2.09. The number of piperazine rings is 1. The van der Waals surface area contributed by atoms with E-state index in [0.29, 0.717) is 13.1 Å². The van der Waals surface area contributed by atoms with Gasteiger partial charge in [0, 0.05) is 31.0 Å². The number of hydrogen-bond acceptors (Lipinski definition) is 3. The second kappa shape index (κ2) is 9.74. The molecule has 0 unspecified atom stereocenters. The van der Waals surface area contributed by atoms with Crippen LogP contribution >= 0.6 is 0 Å². The Balaban J connectivity index is 1.43. The number of amides is 3. The van der Waals surface area contributed by atoms with Crippen molar-refractivity contribution in [2.75, 3.05) is 26.2 Å². The van der Waals surface area contributed by atoms with Gasteiger partial charge in [-0.05, 0) is 42.9 Å². The first-order valence-electron chi connectivity index (χ1n) is 11.7. The second-order valence-electron chi connectivity index (χ2n) is 9.03. The van der Waals surface area contributed by atoms with Crippen LogP contribution in [0.4, 0.5) is 4.79 Å². The molecule has 2 heterocycles. The standard InChI is InChI=1S/C25H33N3O3/c1-2-14-26-25(31)27-15-21-24(22(17-29)28(21)23(30)16-27)20-12-10-19(11-13-20)9-5-8-18-6-3-4-7-18/h10-13,18,21-22,24,29H,2-4,6-8,14-17H2,1H3,(H,26,31)/t21-,22-,24-/m0/s1. The van der Waals surface area contributed by atoms with Crippen LogP contribution in [0.5, 0.6) is 0 Å². The van der Waals surface area contributed by atoms with Crippen molar-refractivity contribution in [2.45, 2.75) is 63.5 Å². The molecule has 2 N–H and O–H groups in total. The number of fused-ring (bicyclic) bond motifs is 1. The van der Waals surface area contributed by atoms with Crippen LogP contribution in [0.15, 0.2) is 24.3 Å². The van der Waals surface area contributed by atoms with Crippen LogP contribution in [-0.2, 0) is 4.79 Å². The number of hydrogen-bond donors (Lipinski definition) is 2. The highest BCUT2D eigenvalue weighted by Crippen LogP contribution is 2.42. The van der Waals surface area contributed by atoms with E-state index < -0.39 is 0 Å². The molecule has 0 radical (unpaired) electrons. The average molecular weight is 424 g/mol. The number of aliphatic hydroxyl groups is 1. The first kappa shape index (κ1) is 21.7. The Labute approximate surface area is 185 Å². The number of nitrogens with zero attached hydrogens (tertiary/aromatic N) is 2. The lowest BCUT2D eigenvalue weighted by Crippen LogP contribution is -2.73. The van der Waals surface area contributed by atoms with Crippen molar-refractivity contribution in [3.05, 3.63) is 35.4 Å². The molecule has 0 bridgehead atoms. The monoisotopic (exact) mass is 423 g/mol. The average Bonchev–Trinajstić information content (AvgIpc) is 3.28. The summed E-state index contributed by atoms with van der Waals surface area (Å²) in [4.78, 5) is 28.4. The van der Waals surface area contributed by atoms with Gasteiger partial charge in [-0.25, -0.2) is 4.79 Å². The molecule has 166 valence electrons. The second-order valence-corrected chi connectivity index (χ2v) is 9.03. The fraction of sp³-hybridized carbons (Fsp3) is 0.600. The van der Waals surface area contributed by atoms with Gasteiger partial charge in [-0.3, -0.25) is 4.79 Å². The lowest BCUT2D eigenvalue weighted by molar-refractivity contribution is -0.159. The molecule has 1 saturated carbocycles. The number of rotatable bonds is 5. The number of nitrogens with one attached hydrogen (secondary N) is 1. The zero-order valence-corrected chi connectivity index (χ0v) is 18.3. The van der Waals surface area contributed by atoms with E-state index in [1.807, 2.05) is 19.1 Å². The van der Waals surface area contributed by atoms with E-state index in [-0.39, 0.29) is 43.1 Å². The van der Waals surface area contributed by atoms with Gasteiger partial charge in [0.2, 0.25) is 5.91 Å². The minimum atomic E-state index is -0.224. The van der Waals surface area contributed by atoms with Gasteiger partial charge in [-0.15, -0.1) is 0 Å². The van der Waals surface area contributed by atoms with E-state index in [4.69, 9.17) is 0 Å². The van der Waals surface area contributed by atoms with Crippen LogP contribution in [0.25, 0.3) is 0 Å². The first-order valence-corrected chi connectivity index (χ1v) is 11.7. The number of urea groups is 1. The van der Waals surface area contributed by atoms with Crippen LogP contribution < -0.4 is 5.32 Å². The van der Waals surface area contributed by atoms with Gasteiger partial charge in [0.15, 0.2) is 0 Å². The highest BCUT2D eigenvalue weighted by molar-refractivity contribution is 5.87. The van der Waals surface area contributed by atoms with E-state index >= 15 is 0 Å². The molecule has 1 aromatic rings. The SMILES string of the molecule is CCCNC(=O)N1CC(=O)N2[C@@H](CO)[C@@H](c3ccc(C#CCC4CCCC4)cc3)[C@@H]2C1. The number of aliphatic hydroxyl groups excluding tert-OH is 1. The normalized spacial score (nSPS) is 25.5. The van der Waals surface area contributed by atoms with Crippen LogP contribution in [0, 0.1) is 17.8 Å². The molecule has 4 rings (SSSR count). The van der Waals surface area contributed by atoms with Crippen molar-refractivity contribution in [3.63, 3.8) is 0 Å². The summed E-state index contributed by atoms with van der Waals surface area (Å²) in [5, 5.41) is 12.8. The molecular formula is C25H33N3O3. The Kier molecular flexibility index (Phi) is 6.82. The molecule has 6 heteroatoms. The van der Waals surface area contributed by atoms with Gasteiger partial charge in [0.25, 0.3) is 0 Å². The summed E-state index contributed by atoms with van der Waals surface area (Å²) in [6.45, 7) is 3.10. The molecule has 2 saturated heterocycles. The molecule has 3 atom stereocenters. The fourth-order valence-corrected chi connectivity index (χ4v) is 5.30. The van der Waals surface area contributed by atoms with Crippen LogP contribution in [0.2, 0.25) is 0 Å². The molecule has 0 aromatic heterocycles. The zero-order chi connectivity index (χ0) is 21.8. The molecule has 3 amide bonds. The van der Waals surface area contributed by atoms with E-state index in [1.165, 1.54) is 25.7 Å². The quantitative estimate of drug-likeness (QED) is 0.716. The molecule has 3 fully saturated rings. The smallest absolute Gasteiger partial charge is 0.317 e. The third-order valence-corrected chi connectivity index (χ3v) is 6.96. The van der Waals surface area contributed by atoms with Crippen LogP contribution in [0.3, 0.4) is 0 Å². The van der Waals surface area contributed by atoms with E-state index in [2.05, 4.69) is 29.3 Å². The minimum absolute atomic E-state index is 0.0243. The minimum Gasteiger partial charge on any atom is -0.394 e. The predicted octanol–water partition coefficient (Wildman–Crippen LogP) is 2.71. The highest BCUT2D eigenvalue weighted by Gasteiger charge is 2.54. The highest BCUT2D eigenvalue weighted by atomic mass is 16.3. The fourth-order valence-electron chi connectivity index (χ4n) is 5.30. The van der Waals surface area contributed by atoms with Crippen molar-refractivity contribution in [2.24, 2.45) is 5.92 Å². The summed E-state index contributed by atoms with van der Waals surface area (Å²) in [6.07, 6.45) is 7.13. The van der Waals surface area contributed by atoms with E-state index in [1.54, 1.807) is 9.80 Å². The molecule has 1 aromatic carbocycles. The summed E-state index contributed by atoms with van der Waals surface area (Å²) < 4.78 is 0. The largest absolute Gasteiger partial charge is 0.394 e. The van der Waals surface area contributed by atoms with Gasteiger partial charge in [-0.1, -0.05) is 43.7 Å². The van der Waals surface area contributed by atoms with Crippen molar-refractivity contribution < 1.29 is 14.7 Å². The van der Waals surface area contributed by atoms with Crippen molar-refractivity contribution in [1.82, 2.24) is 15.1 Å². The first-order chi connectivity index (χ1) is 15.1. The number of carbonyl (C=O) groups excluding carboxylic acids is 2. The third-order valence-electron chi connectivity index (χ3n) is 6.96. The van der Waals surface area contributed by atoms with E-state index in [0.717, 1.165) is 29.9 Å². The van der Waals surface area contributed by atoms with Crippen LogP contribution in [0.1, 0.15) is 62.5 Å². The van der Waals surface area contributed by atoms with Gasteiger partial charge in [0.1, 0.15) is 6.54 Å². The summed E-state index contributed by atoms with van der Waals surface area (Å²) in [7, 11) is 0. The lowest BCUT2D eigenvalue weighted by Gasteiger charge is -2.58. The predicted molar refractivity (Wildman–Crippen MR) is 119 cm³/mol. The van der Waals surface area contributed by atoms with Crippen molar-refractivity contribution in [1.29, 1.82) is 0 Å². The molecule has 3 aliphatic rings. The van der Waals surface area contributed by atoms with E-state index in [9.17, 15) is 14.7 Å². The van der Waals surface area contributed by atoms with Gasteiger partial charge < -0.3 is 20.2 Å². The Morgan fingerprint density at radius 1 is 1.23 bits per heavy atom. The molecule has 6 nitrogen and oxygen atoms in total. The summed E-state index contributed by atoms with van der Waals surface area (Å²) >= 11 is 0. The van der Waals surface area contributed by atoms with Crippen LogP contribution in [-0.4, -0.2) is 65.2 Å². The maximum atomic E-state index is 12.6. The number of benzene rings is 1. The third kappa shape index (κ3) is 4.57. The molecular weight excluding hydrogens is 390 g/mol. The maximum Gasteiger partial charge on any atom is 0.317 e. The topological polar surface area (TPSA) is 72.9 Å². The number of carbonyl (C=O) groups is 2. The van der Waals surface area contributed by atoms with Gasteiger partial charge >= 0.3 is 6.03 Å². The Morgan fingerprint density at radius 2 is 1.97 bits per heavy atom. The Morgan fingerprint density at radius 3 is 2.65 bits per heavy atom. The molecule has 2 aliphatic heterocycles. The summed E-state index contributed by atoms with van der Waals surface area (Å²) in [6, 6.07) is 7.68. The van der Waals surface area contributed by atoms with Gasteiger partial charge in [-0.2, -0.15) is 0 Å². The summed E-state index contributed by atoms with van der Waals surface area (Å²) in [5.74, 6) is 7.31.